The van der Waals surface area contributed by atoms with Gasteiger partial charge in [-0.3, -0.25) is 4.79 Å². The lowest BCUT2D eigenvalue weighted by molar-refractivity contribution is 0.0950. The van der Waals surface area contributed by atoms with E-state index in [1.54, 1.807) is 18.4 Å². The fraction of sp³-hybridized carbons (Fsp3) is 0.357. The first-order valence-electron chi connectivity index (χ1n) is 6.23. The van der Waals surface area contributed by atoms with E-state index in [-0.39, 0.29) is 5.91 Å². The number of amides is 1. The molecule has 3 rings (SSSR count). The van der Waals surface area contributed by atoms with Gasteiger partial charge < -0.3 is 14.5 Å². The van der Waals surface area contributed by atoms with Crippen molar-refractivity contribution < 1.29 is 13.9 Å². The molecule has 94 valence electrons. The van der Waals surface area contributed by atoms with E-state index in [0.717, 1.165) is 18.2 Å². The molecule has 0 bridgehead atoms. The molecule has 1 N–H and O–H groups in total. The Kier molecular flexibility index (Phi) is 2.70. The number of ether oxygens (including phenoxy) is 1. The molecule has 0 atom stereocenters. The first kappa shape index (κ1) is 11.1. The molecular formula is C14H15NO3. The van der Waals surface area contributed by atoms with Crippen molar-refractivity contribution >= 4 is 16.9 Å². The number of nitrogens with one attached hydrogen (secondary N) is 1. The number of hydrogen-bond donors (Lipinski definition) is 1. The van der Waals surface area contributed by atoms with Crippen LogP contribution in [0.1, 0.15) is 30.1 Å². The highest BCUT2D eigenvalue weighted by Gasteiger charge is 2.24. The summed E-state index contributed by atoms with van der Waals surface area (Å²) in [7, 11) is 0. The number of rotatable bonds is 4. The number of benzene rings is 1. The highest BCUT2D eigenvalue weighted by atomic mass is 16.5. The van der Waals surface area contributed by atoms with Crippen LogP contribution in [0.4, 0.5) is 0 Å². The van der Waals surface area contributed by atoms with Crippen molar-refractivity contribution in [2.45, 2.75) is 25.8 Å². The molecular weight excluding hydrogens is 230 g/mol. The second kappa shape index (κ2) is 4.37. The average Bonchev–Trinajstić information content (AvgIpc) is 3.04. The molecule has 1 saturated carbocycles. The highest BCUT2D eigenvalue weighted by Crippen LogP contribution is 2.29. The second-order valence-corrected chi connectivity index (χ2v) is 4.49. The van der Waals surface area contributed by atoms with Gasteiger partial charge in [0.05, 0.1) is 18.3 Å². The summed E-state index contributed by atoms with van der Waals surface area (Å²) < 4.78 is 10.9. The molecule has 0 radical (unpaired) electrons. The van der Waals surface area contributed by atoms with Crippen LogP contribution in [0.25, 0.3) is 11.0 Å². The van der Waals surface area contributed by atoms with Gasteiger partial charge >= 0.3 is 0 Å². The maximum atomic E-state index is 12.0. The smallest absolute Gasteiger partial charge is 0.251 e. The molecule has 2 aromatic rings. The van der Waals surface area contributed by atoms with Crippen LogP contribution in [-0.2, 0) is 0 Å². The summed E-state index contributed by atoms with van der Waals surface area (Å²) in [5.41, 5.74) is 1.27. The molecule has 18 heavy (non-hydrogen) atoms. The first-order chi connectivity index (χ1) is 8.78. The van der Waals surface area contributed by atoms with Crippen molar-refractivity contribution in [1.29, 1.82) is 0 Å². The van der Waals surface area contributed by atoms with Crippen LogP contribution in [-0.4, -0.2) is 18.6 Å². The van der Waals surface area contributed by atoms with Gasteiger partial charge in [0.15, 0.2) is 0 Å². The lowest BCUT2D eigenvalue weighted by atomic mass is 10.1. The van der Waals surface area contributed by atoms with Crippen molar-refractivity contribution in [2.75, 3.05) is 6.61 Å². The van der Waals surface area contributed by atoms with Gasteiger partial charge in [-0.2, -0.15) is 0 Å². The van der Waals surface area contributed by atoms with Crippen molar-refractivity contribution in [1.82, 2.24) is 5.32 Å². The fourth-order valence-electron chi connectivity index (χ4n) is 1.94. The minimum absolute atomic E-state index is 0.0586. The molecule has 1 amide bonds. The maximum absolute atomic E-state index is 12.0. The number of fused-ring (bicyclic) bond motifs is 1. The van der Waals surface area contributed by atoms with Gasteiger partial charge in [0, 0.05) is 11.6 Å². The van der Waals surface area contributed by atoms with Crippen LogP contribution in [0, 0.1) is 0 Å². The Balaban J connectivity index is 1.97. The van der Waals surface area contributed by atoms with Gasteiger partial charge in [-0.15, -0.1) is 0 Å². The topological polar surface area (TPSA) is 51.5 Å². The zero-order valence-electron chi connectivity index (χ0n) is 10.2. The third kappa shape index (κ3) is 2.06. The Bertz CT molecular complexity index is 584. The first-order valence-corrected chi connectivity index (χ1v) is 6.23. The second-order valence-electron chi connectivity index (χ2n) is 4.49. The van der Waals surface area contributed by atoms with Crippen LogP contribution in [0.15, 0.2) is 28.9 Å². The SMILES string of the molecule is CCOc1cc(C(=O)NC2CC2)cc2occc12. The van der Waals surface area contributed by atoms with E-state index in [1.165, 1.54) is 0 Å². The predicted molar refractivity (Wildman–Crippen MR) is 67.9 cm³/mol. The summed E-state index contributed by atoms with van der Waals surface area (Å²) in [6.07, 6.45) is 3.76. The van der Waals surface area contributed by atoms with Crippen LogP contribution in [0.5, 0.6) is 5.75 Å². The Morgan fingerprint density at radius 1 is 1.50 bits per heavy atom. The molecule has 4 nitrogen and oxygen atoms in total. The van der Waals surface area contributed by atoms with Gasteiger partial charge in [0.1, 0.15) is 11.3 Å². The quantitative estimate of drug-likeness (QED) is 0.901. The highest BCUT2D eigenvalue weighted by molar-refractivity contribution is 5.99. The van der Waals surface area contributed by atoms with E-state index in [1.807, 2.05) is 13.0 Å². The average molecular weight is 245 g/mol. The molecule has 4 heteroatoms. The minimum Gasteiger partial charge on any atom is -0.493 e. The lowest BCUT2D eigenvalue weighted by Crippen LogP contribution is -2.25. The maximum Gasteiger partial charge on any atom is 0.251 e. The third-order valence-corrected chi connectivity index (χ3v) is 3.01. The van der Waals surface area contributed by atoms with E-state index < -0.39 is 0 Å². The van der Waals surface area contributed by atoms with Gasteiger partial charge in [0.25, 0.3) is 5.91 Å². The molecule has 0 spiro atoms. The van der Waals surface area contributed by atoms with Crippen molar-refractivity contribution in [2.24, 2.45) is 0 Å². The van der Waals surface area contributed by atoms with E-state index >= 15 is 0 Å². The minimum atomic E-state index is -0.0586. The van der Waals surface area contributed by atoms with Crippen molar-refractivity contribution in [3.63, 3.8) is 0 Å². The van der Waals surface area contributed by atoms with Gasteiger partial charge in [-0.1, -0.05) is 0 Å². The van der Waals surface area contributed by atoms with E-state index in [9.17, 15) is 4.79 Å². The summed E-state index contributed by atoms with van der Waals surface area (Å²) in [6, 6.07) is 5.73. The molecule has 1 aliphatic rings. The van der Waals surface area contributed by atoms with Gasteiger partial charge in [0.2, 0.25) is 0 Å². The van der Waals surface area contributed by atoms with Crippen LogP contribution < -0.4 is 10.1 Å². The lowest BCUT2D eigenvalue weighted by Gasteiger charge is -2.08. The summed E-state index contributed by atoms with van der Waals surface area (Å²) in [5.74, 6) is 0.640. The Hall–Kier alpha value is -1.97. The number of hydrogen-bond acceptors (Lipinski definition) is 3. The number of carbonyl (C=O) groups excluding carboxylic acids is 1. The molecule has 1 aliphatic carbocycles. The number of furan rings is 1. The standard InChI is InChI=1S/C14H15NO3/c1-2-17-12-7-9(14(16)15-10-3-4-10)8-13-11(12)5-6-18-13/h5-8,10H,2-4H2,1H3,(H,15,16). The van der Waals surface area contributed by atoms with Crippen molar-refractivity contribution in [3.05, 3.63) is 30.0 Å². The summed E-state index contributed by atoms with van der Waals surface area (Å²) in [5, 5.41) is 3.86. The number of carbonyl (C=O) groups is 1. The molecule has 1 heterocycles. The van der Waals surface area contributed by atoms with E-state index in [4.69, 9.17) is 9.15 Å². The predicted octanol–water partition coefficient (Wildman–Crippen LogP) is 2.72. The van der Waals surface area contributed by atoms with Crippen molar-refractivity contribution in [3.8, 4) is 5.75 Å². The van der Waals surface area contributed by atoms with Crippen LogP contribution >= 0.6 is 0 Å². The normalized spacial score (nSPS) is 14.7. The fourth-order valence-corrected chi connectivity index (χ4v) is 1.94. The van der Waals surface area contributed by atoms with E-state index in [0.29, 0.717) is 29.5 Å². The monoisotopic (exact) mass is 245 g/mol. The summed E-state index contributed by atoms with van der Waals surface area (Å²) in [4.78, 5) is 12.0. The molecule has 1 aromatic carbocycles. The summed E-state index contributed by atoms with van der Waals surface area (Å²) in [6.45, 7) is 2.48. The largest absolute Gasteiger partial charge is 0.493 e. The zero-order chi connectivity index (χ0) is 12.5. The Morgan fingerprint density at radius 2 is 2.33 bits per heavy atom. The molecule has 0 unspecified atom stereocenters. The summed E-state index contributed by atoms with van der Waals surface area (Å²) >= 11 is 0. The van der Waals surface area contributed by atoms with Gasteiger partial charge in [-0.05, 0) is 38.0 Å². The zero-order valence-corrected chi connectivity index (χ0v) is 10.2. The molecule has 0 saturated heterocycles. The van der Waals surface area contributed by atoms with Crippen LogP contribution in [0.3, 0.4) is 0 Å². The Labute approximate surface area is 105 Å². The van der Waals surface area contributed by atoms with E-state index in [2.05, 4.69) is 5.32 Å². The van der Waals surface area contributed by atoms with Crippen LogP contribution in [0.2, 0.25) is 0 Å². The molecule has 1 aromatic heterocycles. The van der Waals surface area contributed by atoms with Gasteiger partial charge in [-0.25, -0.2) is 0 Å². The third-order valence-electron chi connectivity index (χ3n) is 3.01. The molecule has 0 aliphatic heterocycles. The molecule has 1 fully saturated rings. The Morgan fingerprint density at radius 3 is 3.06 bits per heavy atom.